The Morgan fingerprint density at radius 2 is 1.62 bits per heavy atom. The van der Waals surface area contributed by atoms with Crippen LogP contribution in [0.25, 0.3) is 0 Å². The molecule has 0 aliphatic rings. The molecule has 1 aromatic rings. The van der Waals surface area contributed by atoms with Gasteiger partial charge in [-0.05, 0) is 52.3 Å². The van der Waals surface area contributed by atoms with Crippen LogP contribution in [0.4, 0.5) is 5.69 Å². The lowest BCUT2D eigenvalue weighted by Gasteiger charge is -2.32. The number of nitrogens with zero attached hydrogens (tertiary/aromatic N) is 1. The molecule has 2 unspecified atom stereocenters. The van der Waals surface area contributed by atoms with Gasteiger partial charge in [0.2, 0.25) is 0 Å². The molecule has 0 aliphatic heterocycles. The summed E-state index contributed by atoms with van der Waals surface area (Å²) in [5.41, 5.74) is -0.0884. The van der Waals surface area contributed by atoms with Crippen molar-refractivity contribution in [1.29, 1.82) is 0 Å². The van der Waals surface area contributed by atoms with Gasteiger partial charge in [-0.25, -0.2) is 0 Å². The molecule has 0 aromatic heterocycles. The summed E-state index contributed by atoms with van der Waals surface area (Å²) in [7, 11) is 3.91. The van der Waals surface area contributed by atoms with Gasteiger partial charge in [0.25, 0.3) is 0 Å². The smallest absolute Gasteiger partial charge is 0.312 e. The van der Waals surface area contributed by atoms with Crippen molar-refractivity contribution in [3.05, 3.63) is 29.8 Å². The molecular formula is C17H27NO3. The average Bonchev–Trinajstić information content (AvgIpc) is 2.35. The maximum absolute atomic E-state index is 12.2. The molecule has 2 atom stereocenters. The maximum Gasteiger partial charge on any atom is 0.312 e. The minimum Gasteiger partial charge on any atom is -0.460 e. The SMILES string of the molecule is CC(C(=O)OC(C)(C)C)C(C)(O)c1ccc(N(C)C)cc1. The summed E-state index contributed by atoms with van der Waals surface area (Å²) < 4.78 is 5.36. The predicted molar refractivity (Wildman–Crippen MR) is 85.3 cm³/mol. The Labute approximate surface area is 127 Å². The molecular weight excluding hydrogens is 266 g/mol. The van der Waals surface area contributed by atoms with Gasteiger partial charge in [0.15, 0.2) is 0 Å². The summed E-state index contributed by atoms with van der Waals surface area (Å²) in [4.78, 5) is 14.1. The first kappa shape index (κ1) is 17.5. The van der Waals surface area contributed by atoms with Crippen molar-refractivity contribution in [2.75, 3.05) is 19.0 Å². The largest absolute Gasteiger partial charge is 0.460 e. The van der Waals surface area contributed by atoms with Crippen LogP contribution >= 0.6 is 0 Å². The van der Waals surface area contributed by atoms with Gasteiger partial charge >= 0.3 is 5.97 Å². The van der Waals surface area contributed by atoms with E-state index in [1.54, 1.807) is 13.8 Å². The average molecular weight is 293 g/mol. The minimum absolute atomic E-state index is 0.399. The second kappa shape index (κ2) is 6.06. The monoisotopic (exact) mass is 293 g/mol. The summed E-state index contributed by atoms with van der Waals surface area (Å²) in [5.74, 6) is -1.05. The number of aliphatic hydroxyl groups is 1. The van der Waals surface area contributed by atoms with Crippen molar-refractivity contribution >= 4 is 11.7 Å². The Morgan fingerprint density at radius 3 is 2.00 bits per heavy atom. The van der Waals surface area contributed by atoms with Crippen molar-refractivity contribution in [1.82, 2.24) is 0 Å². The topological polar surface area (TPSA) is 49.8 Å². The number of carbonyl (C=O) groups excluding carboxylic acids is 1. The lowest BCUT2D eigenvalue weighted by molar-refractivity contribution is -0.168. The molecule has 0 amide bonds. The summed E-state index contributed by atoms with van der Waals surface area (Å²) >= 11 is 0. The van der Waals surface area contributed by atoms with Gasteiger partial charge < -0.3 is 14.7 Å². The molecule has 0 saturated heterocycles. The number of anilines is 1. The molecule has 0 spiro atoms. The Bertz CT molecular complexity index is 484. The number of esters is 1. The van der Waals surface area contributed by atoms with Crippen molar-refractivity contribution in [3.63, 3.8) is 0 Å². The van der Waals surface area contributed by atoms with Crippen LogP contribution in [0.1, 0.15) is 40.2 Å². The zero-order valence-corrected chi connectivity index (χ0v) is 14.1. The summed E-state index contributed by atoms with van der Waals surface area (Å²) in [5, 5.41) is 10.7. The highest BCUT2D eigenvalue weighted by molar-refractivity contribution is 5.74. The lowest BCUT2D eigenvalue weighted by Crippen LogP contribution is -2.39. The molecule has 0 heterocycles. The Hall–Kier alpha value is -1.55. The third-order valence-corrected chi connectivity index (χ3v) is 3.57. The van der Waals surface area contributed by atoms with E-state index in [9.17, 15) is 9.90 Å². The van der Waals surface area contributed by atoms with Crippen molar-refractivity contribution in [2.24, 2.45) is 5.92 Å². The van der Waals surface area contributed by atoms with E-state index in [2.05, 4.69) is 0 Å². The molecule has 4 nitrogen and oxygen atoms in total. The number of rotatable bonds is 4. The van der Waals surface area contributed by atoms with Gasteiger partial charge in [0.1, 0.15) is 5.60 Å². The molecule has 4 heteroatoms. The van der Waals surface area contributed by atoms with Crippen molar-refractivity contribution in [3.8, 4) is 0 Å². The first-order chi connectivity index (χ1) is 9.45. The number of benzene rings is 1. The molecule has 0 bridgehead atoms. The van der Waals surface area contributed by atoms with E-state index in [4.69, 9.17) is 4.74 Å². The Kier molecular flexibility index (Phi) is 5.05. The number of ether oxygens (including phenoxy) is 1. The number of hydrogen-bond acceptors (Lipinski definition) is 4. The zero-order valence-electron chi connectivity index (χ0n) is 14.1. The van der Waals surface area contributed by atoms with Gasteiger partial charge in [-0.3, -0.25) is 4.79 Å². The van der Waals surface area contributed by atoms with E-state index in [1.807, 2.05) is 64.0 Å². The van der Waals surface area contributed by atoms with Crippen LogP contribution in [0.3, 0.4) is 0 Å². The Morgan fingerprint density at radius 1 is 1.14 bits per heavy atom. The number of hydrogen-bond donors (Lipinski definition) is 1. The third kappa shape index (κ3) is 4.46. The quantitative estimate of drug-likeness (QED) is 0.867. The van der Waals surface area contributed by atoms with E-state index in [0.717, 1.165) is 5.69 Å². The van der Waals surface area contributed by atoms with Crippen molar-refractivity contribution < 1.29 is 14.6 Å². The highest BCUT2D eigenvalue weighted by atomic mass is 16.6. The third-order valence-electron chi connectivity index (χ3n) is 3.57. The molecule has 0 aliphatic carbocycles. The van der Waals surface area contributed by atoms with E-state index < -0.39 is 23.1 Å². The van der Waals surface area contributed by atoms with E-state index in [-0.39, 0.29) is 0 Å². The normalized spacial score (nSPS) is 16.0. The van der Waals surface area contributed by atoms with Crippen molar-refractivity contribution in [2.45, 2.75) is 45.8 Å². The molecule has 1 aromatic carbocycles. The predicted octanol–water partition coefficient (Wildman–Crippen LogP) is 2.94. The van der Waals surface area contributed by atoms with Gasteiger partial charge in [-0.1, -0.05) is 12.1 Å². The summed E-state index contributed by atoms with van der Waals surface area (Å²) in [6.07, 6.45) is 0. The van der Waals surface area contributed by atoms with Gasteiger partial charge in [0.05, 0.1) is 11.5 Å². The minimum atomic E-state index is -1.27. The number of carbonyl (C=O) groups is 1. The van der Waals surface area contributed by atoms with Gasteiger partial charge in [0, 0.05) is 19.8 Å². The second-order valence-electron chi connectivity index (χ2n) is 6.84. The fraction of sp³-hybridized carbons (Fsp3) is 0.588. The standard InChI is InChI=1S/C17H27NO3/c1-12(15(19)21-16(2,3)4)17(5,20)13-8-10-14(11-9-13)18(6)7/h8-12,20H,1-7H3. The molecule has 1 rings (SSSR count). The van der Waals surface area contributed by atoms with Crippen LogP contribution in [0.15, 0.2) is 24.3 Å². The summed E-state index contributed by atoms with van der Waals surface area (Å²) in [6.45, 7) is 8.79. The molecule has 21 heavy (non-hydrogen) atoms. The molecule has 118 valence electrons. The summed E-state index contributed by atoms with van der Waals surface area (Å²) in [6, 6.07) is 7.53. The van der Waals surface area contributed by atoms with Crippen LogP contribution in [0.2, 0.25) is 0 Å². The van der Waals surface area contributed by atoms with E-state index >= 15 is 0 Å². The van der Waals surface area contributed by atoms with Crippen LogP contribution < -0.4 is 4.90 Å². The highest BCUT2D eigenvalue weighted by Crippen LogP contribution is 2.32. The fourth-order valence-corrected chi connectivity index (χ4v) is 1.97. The lowest BCUT2D eigenvalue weighted by atomic mass is 9.84. The second-order valence-corrected chi connectivity index (χ2v) is 6.84. The first-order valence-electron chi connectivity index (χ1n) is 7.18. The van der Waals surface area contributed by atoms with Crippen LogP contribution in [0, 0.1) is 5.92 Å². The van der Waals surface area contributed by atoms with Gasteiger partial charge in [-0.2, -0.15) is 0 Å². The fourth-order valence-electron chi connectivity index (χ4n) is 1.97. The zero-order chi connectivity index (χ0) is 16.4. The van der Waals surface area contributed by atoms with Crippen LogP contribution in [0.5, 0.6) is 0 Å². The molecule has 0 fully saturated rings. The molecule has 0 radical (unpaired) electrons. The Balaban J connectivity index is 2.95. The van der Waals surface area contributed by atoms with Gasteiger partial charge in [-0.15, -0.1) is 0 Å². The van der Waals surface area contributed by atoms with Crippen LogP contribution in [-0.4, -0.2) is 30.8 Å². The first-order valence-corrected chi connectivity index (χ1v) is 7.18. The molecule has 0 saturated carbocycles. The van der Waals surface area contributed by atoms with E-state index in [1.165, 1.54) is 0 Å². The maximum atomic E-state index is 12.2. The van der Waals surface area contributed by atoms with Crippen LogP contribution in [-0.2, 0) is 15.1 Å². The highest BCUT2D eigenvalue weighted by Gasteiger charge is 2.37. The van der Waals surface area contributed by atoms with E-state index in [0.29, 0.717) is 5.56 Å². The molecule has 1 N–H and O–H groups in total.